The van der Waals surface area contributed by atoms with Gasteiger partial charge in [-0.2, -0.15) is 0 Å². The van der Waals surface area contributed by atoms with Crippen molar-refractivity contribution in [3.05, 3.63) is 53.9 Å². The molecule has 0 spiro atoms. The Morgan fingerprint density at radius 1 is 1.28 bits per heavy atom. The third-order valence-corrected chi connectivity index (χ3v) is 4.56. The Balaban J connectivity index is 1.67. The molecule has 0 unspecified atom stereocenters. The van der Waals surface area contributed by atoms with Crippen LogP contribution in [0.25, 0.3) is 6.08 Å². The molecule has 0 N–H and O–H groups in total. The molecule has 5 nitrogen and oxygen atoms in total. The van der Waals surface area contributed by atoms with Gasteiger partial charge in [-0.15, -0.1) is 0 Å². The molecule has 1 amide bonds. The van der Waals surface area contributed by atoms with Gasteiger partial charge in [-0.3, -0.25) is 4.79 Å². The Morgan fingerprint density at radius 3 is 2.88 bits per heavy atom. The zero-order valence-electron chi connectivity index (χ0n) is 14.9. The summed E-state index contributed by atoms with van der Waals surface area (Å²) in [5, 5.41) is 0. The van der Waals surface area contributed by atoms with Crippen LogP contribution in [0.15, 0.2) is 42.6 Å². The van der Waals surface area contributed by atoms with E-state index >= 15 is 0 Å². The van der Waals surface area contributed by atoms with Gasteiger partial charge in [-0.05, 0) is 43.7 Å². The molecule has 132 valence electrons. The summed E-state index contributed by atoms with van der Waals surface area (Å²) < 4.78 is 13.3. The van der Waals surface area contributed by atoms with Crippen LogP contribution < -0.4 is 9.47 Å². The van der Waals surface area contributed by atoms with Gasteiger partial charge in [0.05, 0.1) is 13.2 Å². The van der Waals surface area contributed by atoms with E-state index in [9.17, 15) is 4.79 Å². The monoisotopic (exact) mass is 340 g/mol. The van der Waals surface area contributed by atoms with Gasteiger partial charge in [-0.25, -0.2) is 0 Å². The molecule has 0 saturated carbocycles. The summed E-state index contributed by atoms with van der Waals surface area (Å²) >= 11 is 0. The number of hydrogen-bond donors (Lipinski definition) is 0. The zero-order valence-corrected chi connectivity index (χ0v) is 14.9. The third-order valence-electron chi connectivity index (χ3n) is 4.56. The normalized spacial score (nSPS) is 16.8. The molecular weight excluding hydrogens is 316 g/mol. The van der Waals surface area contributed by atoms with Gasteiger partial charge in [0, 0.05) is 25.0 Å². The molecule has 25 heavy (non-hydrogen) atoms. The van der Waals surface area contributed by atoms with Crippen molar-refractivity contribution in [2.24, 2.45) is 0 Å². The molecule has 0 saturated heterocycles. The number of carbonyl (C=O) groups excluding carboxylic acids is 1. The predicted molar refractivity (Wildman–Crippen MR) is 97.8 cm³/mol. The van der Waals surface area contributed by atoms with E-state index in [1.165, 1.54) is 0 Å². The molecular formula is C20H24N2O3. The highest BCUT2D eigenvalue weighted by molar-refractivity contribution is 5.78. The molecule has 2 heterocycles. The third kappa shape index (κ3) is 3.55. The minimum absolute atomic E-state index is 0.00434. The van der Waals surface area contributed by atoms with Crippen molar-refractivity contribution < 1.29 is 14.3 Å². The number of amides is 1. The number of carbonyl (C=O) groups is 1. The zero-order chi connectivity index (χ0) is 17.8. The maximum atomic E-state index is 12.6. The second-order valence-corrected chi connectivity index (χ2v) is 6.09. The summed E-state index contributed by atoms with van der Waals surface area (Å²) in [6.45, 7) is 5.54. The summed E-state index contributed by atoms with van der Waals surface area (Å²) in [6.07, 6.45) is 6.01. The smallest absolute Gasteiger partial charge is 0.261 e. The summed E-state index contributed by atoms with van der Waals surface area (Å²) in [5.41, 5.74) is 2.19. The molecule has 1 aliphatic heterocycles. The second kappa shape index (κ2) is 7.47. The fraction of sp³-hybridized carbons (Fsp3) is 0.350. The van der Waals surface area contributed by atoms with Gasteiger partial charge < -0.3 is 18.9 Å². The highest BCUT2D eigenvalue weighted by atomic mass is 16.5. The lowest BCUT2D eigenvalue weighted by molar-refractivity contribution is -0.136. The molecule has 1 aromatic carbocycles. The molecule has 0 bridgehead atoms. The van der Waals surface area contributed by atoms with Gasteiger partial charge in [0.2, 0.25) is 0 Å². The topological polar surface area (TPSA) is 43.7 Å². The molecule has 1 aliphatic rings. The van der Waals surface area contributed by atoms with Crippen molar-refractivity contribution >= 4 is 12.0 Å². The first-order valence-corrected chi connectivity index (χ1v) is 8.52. The van der Waals surface area contributed by atoms with Gasteiger partial charge >= 0.3 is 0 Å². The van der Waals surface area contributed by atoms with Crippen LogP contribution >= 0.6 is 0 Å². The number of fused-ring (bicyclic) bond motifs is 1. The number of ether oxygens (including phenoxy) is 2. The van der Waals surface area contributed by atoms with Crippen molar-refractivity contribution in [1.29, 1.82) is 0 Å². The predicted octanol–water partition coefficient (Wildman–Crippen LogP) is 3.51. The minimum Gasteiger partial charge on any atom is -0.493 e. The van der Waals surface area contributed by atoms with E-state index in [1.54, 1.807) is 7.11 Å². The molecule has 0 aliphatic carbocycles. The first-order valence-electron chi connectivity index (χ1n) is 8.52. The van der Waals surface area contributed by atoms with Crippen LogP contribution in [-0.2, 0) is 11.3 Å². The lowest BCUT2D eigenvalue weighted by Gasteiger charge is -2.34. The maximum absolute atomic E-state index is 12.6. The number of nitrogens with zero attached hydrogens (tertiary/aromatic N) is 2. The van der Waals surface area contributed by atoms with Crippen LogP contribution in [0.5, 0.6) is 11.5 Å². The summed E-state index contributed by atoms with van der Waals surface area (Å²) in [5.74, 6) is 1.20. The molecule has 0 fully saturated rings. The molecule has 5 heteroatoms. The van der Waals surface area contributed by atoms with E-state index in [2.05, 4.69) is 23.8 Å². The molecule has 2 aromatic rings. The Kier molecular flexibility index (Phi) is 5.12. The Hall–Kier alpha value is -2.69. The van der Waals surface area contributed by atoms with Crippen LogP contribution in [0.1, 0.15) is 31.1 Å². The van der Waals surface area contributed by atoms with E-state index < -0.39 is 0 Å². The number of benzene rings is 1. The van der Waals surface area contributed by atoms with E-state index in [1.807, 2.05) is 48.2 Å². The summed E-state index contributed by atoms with van der Waals surface area (Å²) in [4.78, 5) is 14.5. The van der Waals surface area contributed by atoms with E-state index in [0.717, 1.165) is 17.8 Å². The standard InChI is InChI=1S/C20H24N2O3/c1-4-6-16-8-9-18(19(13-16)24-3)25-14-20(23)22-12-11-21-10-5-7-17(21)15(22)2/h4-10,13,15H,11-12,14H2,1-3H3/b6-4-/t15-/m0/s1. The number of allylic oxidation sites excluding steroid dienone is 1. The van der Waals surface area contributed by atoms with Crippen LogP contribution in [0.4, 0.5) is 0 Å². The lowest BCUT2D eigenvalue weighted by Crippen LogP contribution is -2.42. The SMILES string of the molecule is C/C=C\c1ccc(OCC(=O)N2CCn3cccc3[C@@H]2C)c(OC)c1. The van der Waals surface area contributed by atoms with Crippen LogP contribution in [0, 0.1) is 0 Å². The molecule has 3 rings (SSSR count). The van der Waals surface area contributed by atoms with Crippen molar-refractivity contribution in [3.8, 4) is 11.5 Å². The van der Waals surface area contributed by atoms with Crippen molar-refractivity contribution in [1.82, 2.24) is 9.47 Å². The number of aromatic nitrogens is 1. The van der Waals surface area contributed by atoms with Crippen LogP contribution in [-0.4, -0.2) is 35.6 Å². The number of hydrogen-bond acceptors (Lipinski definition) is 3. The second-order valence-electron chi connectivity index (χ2n) is 6.09. The van der Waals surface area contributed by atoms with E-state index in [4.69, 9.17) is 9.47 Å². The average molecular weight is 340 g/mol. The van der Waals surface area contributed by atoms with Gasteiger partial charge in [0.1, 0.15) is 0 Å². The van der Waals surface area contributed by atoms with Gasteiger partial charge in [0.25, 0.3) is 5.91 Å². The summed E-state index contributed by atoms with van der Waals surface area (Å²) in [6, 6.07) is 9.82. The molecule has 0 radical (unpaired) electrons. The van der Waals surface area contributed by atoms with Crippen LogP contribution in [0.2, 0.25) is 0 Å². The van der Waals surface area contributed by atoms with Crippen molar-refractivity contribution in [2.75, 3.05) is 20.3 Å². The lowest BCUT2D eigenvalue weighted by atomic mass is 10.1. The van der Waals surface area contributed by atoms with Crippen LogP contribution in [0.3, 0.4) is 0 Å². The Morgan fingerprint density at radius 2 is 2.12 bits per heavy atom. The summed E-state index contributed by atoms with van der Waals surface area (Å²) in [7, 11) is 1.60. The van der Waals surface area contributed by atoms with Crippen molar-refractivity contribution in [3.63, 3.8) is 0 Å². The maximum Gasteiger partial charge on any atom is 0.261 e. The Labute approximate surface area is 148 Å². The molecule has 1 aromatic heterocycles. The van der Waals surface area contributed by atoms with Crippen molar-refractivity contribution in [2.45, 2.75) is 26.4 Å². The minimum atomic E-state index is -0.0143. The quantitative estimate of drug-likeness (QED) is 0.836. The first kappa shape index (κ1) is 17.1. The van der Waals surface area contributed by atoms with Gasteiger partial charge in [-0.1, -0.05) is 18.2 Å². The largest absolute Gasteiger partial charge is 0.493 e. The van der Waals surface area contributed by atoms with Gasteiger partial charge in [0.15, 0.2) is 18.1 Å². The Bertz CT molecular complexity index is 779. The number of rotatable bonds is 5. The van der Waals surface area contributed by atoms with E-state index in [-0.39, 0.29) is 18.6 Å². The number of methoxy groups -OCH3 is 1. The fourth-order valence-electron chi connectivity index (χ4n) is 3.24. The highest BCUT2D eigenvalue weighted by Gasteiger charge is 2.27. The average Bonchev–Trinajstić information content (AvgIpc) is 3.10. The highest BCUT2D eigenvalue weighted by Crippen LogP contribution is 2.29. The molecule has 1 atom stereocenters. The van der Waals surface area contributed by atoms with E-state index in [0.29, 0.717) is 18.0 Å². The first-order chi connectivity index (χ1) is 12.1. The fourth-order valence-corrected chi connectivity index (χ4v) is 3.24.